The van der Waals surface area contributed by atoms with E-state index in [4.69, 9.17) is 5.73 Å². The standard InChI is InChI=1S/C12H16N4S/c1-9-11(17-8-14-9)7-16(2)6-10-4-3-5-12(13)15-10/h3-5,8H,6-7H2,1-2H3,(H2,13,15). The van der Waals surface area contributed by atoms with Crippen LogP contribution in [0.4, 0.5) is 5.82 Å². The van der Waals surface area contributed by atoms with Gasteiger partial charge in [0.2, 0.25) is 0 Å². The van der Waals surface area contributed by atoms with Crippen LogP contribution in [0.5, 0.6) is 0 Å². The molecule has 0 saturated heterocycles. The molecule has 0 aliphatic carbocycles. The highest BCUT2D eigenvalue weighted by molar-refractivity contribution is 7.09. The van der Waals surface area contributed by atoms with Crippen LogP contribution >= 0.6 is 11.3 Å². The maximum absolute atomic E-state index is 5.66. The number of nitrogens with two attached hydrogens (primary N) is 1. The zero-order chi connectivity index (χ0) is 12.3. The number of rotatable bonds is 4. The lowest BCUT2D eigenvalue weighted by molar-refractivity contribution is 0.317. The van der Waals surface area contributed by atoms with Gasteiger partial charge in [-0.05, 0) is 26.1 Å². The Balaban J connectivity index is 1.98. The Kier molecular flexibility index (Phi) is 3.71. The zero-order valence-corrected chi connectivity index (χ0v) is 10.9. The van der Waals surface area contributed by atoms with Crippen LogP contribution in [0.1, 0.15) is 16.3 Å². The molecule has 0 bridgehead atoms. The zero-order valence-electron chi connectivity index (χ0n) is 10.1. The van der Waals surface area contributed by atoms with Gasteiger partial charge in [-0.3, -0.25) is 4.90 Å². The molecule has 0 spiro atoms. The second-order valence-corrected chi connectivity index (χ2v) is 5.03. The summed E-state index contributed by atoms with van der Waals surface area (Å²) in [4.78, 5) is 12.0. The molecule has 0 aliphatic heterocycles. The summed E-state index contributed by atoms with van der Waals surface area (Å²) in [7, 11) is 2.07. The first-order valence-corrected chi connectivity index (χ1v) is 6.32. The van der Waals surface area contributed by atoms with Crippen molar-refractivity contribution >= 4 is 17.2 Å². The van der Waals surface area contributed by atoms with Crippen molar-refractivity contribution in [2.75, 3.05) is 12.8 Å². The molecular weight excluding hydrogens is 232 g/mol. The first kappa shape index (κ1) is 12.0. The third-order valence-corrected chi connectivity index (χ3v) is 3.44. The molecule has 0 unspecified atom stereocenters. The molecule has 90 valence electrons. The maximum atomic E-state index is 5.66. The predicted molar refractivity (Wildman–Crippen MR) is 70.7 cm³/mol. The number of hydrogen-bond donors (Lipinski definition) is 1. The summed E-state index contributed by atoms with van der Waals surface area (Å²) in [5.74, 6) is 0.574. The number of hydrogen-bond acceptors (Lipinski definition) is 5. The molecule has 0 radical (unpaired) electrons. The molecule has 2 N–H and O–H groups in total. The lowest BCUT2D eigenvalue weighted by Crippen LogP contribution is -2.18. The van der Waals surface area contributed by atoms with Crippen LogP contribution in [0.2, 0.25) is 0 Å². The number of nitrogen functional groups attached to an aromatic ring is 1. The van der Waals surface area contributed by atoms with Gasteiger partial charge in [0.1, 0.15) is 5.82 Å². The molecule has 0 aromatic carbocycles. The molecule has 2 aromatic rings. The number of aromatic nitrogens is 2. The van der Waals surface area contributed by atoms with E-state index >= 15 is 0 Å². The highest BCUT2D eigenvalue weighted by Crippen LogP contribution is 2.15. The molecule has 0 saturated carbocycles. The third-order valence-electron chi connectivity index (χ3n) is 2.52. The minimum Gasteiger partial charge on any atom is -0.384 e. The molecular formula is C12H16N4S. The monoisotopic (exact) mass is 248 g/mol. The Labute approximate surface area is 105 Å². The highest BCUT2D eigenvalue weighted by Gasteiger charge is 2.07. The van der Waals surface area contributed by atoms with E-state index in [9.17, 15) is 0 Å². The first-order valence-electron chi connectivity index (χ1n) is 5.44. The fourth-order valence-electron chi connectivity index (χ4n) is 1.64. The van der Waals surface area contributed by atoms with Crippen LogP contribution in [-0.2, 0) is 13.1 Å². The van der Waals surface area contributed by atoms with E-state index in [0.29, 0.717) is 5.82 Å². The molecule has 5 heteroatoms. The molecule has 2 rings (SSSR count). The van der Waals surface area contributed by atoms with E-state index in [1.165, 1.54) is 4.88 Å². The fourth-order valence-corrected chi connectivity index (χ4v) is 2.50. The Morgan fingerprint density at radius 1 is 1.35 bits per heavy atom. The Bertz CT molecular complexity index is 495. The van der Waals surface area contributed by atoms with Crippen LogP contribution in [0.3, 0.4) is 0 Å². The highest BCUT2D eigenvalue weighted by atomic mass is 32.1. The molecule has 2 aromatic heterocycles. The molecule has 2 heterocycles. The molecule has 0 aliphatic rings. The number of nitrogens with zero attached hydrogens (tertiary/aromatic N) is 3. The van der Waals surface area contributed by atoms with Crippen LogP contribution < -0.4 is 5.73 Å². The van der Waals surface area contributed by atoms with E-state index < -0.39 is 0 Å². The minimum absolute atomic E-state index is 0.574. The second kappa shape index (κ2) is 5.25. The third kappa shape index (κ3) is 3.25. The van der Waals surface area contributed by atoms with Gasteiger partial charge < -0.3 is 5.73 Å². The van der Waals surface area contributed by atoms with E-state index in [1.807, 2.05) is 24.6 Å². The van der Waals surface area contributed by atoms with Crippen molar-refractivity contribution in [1.82, 2.24) is 14.9 Å². The van der Waals surface area contributed by atoms with Crippen molar-refractivity contribution in [1.29, 1.82) is 0 Å². The van der Waals surface area contributed by atoms with E-state index in [2.05, 4.69) is 21.9 Å². The smallest absolute Gasteiger partial charge is 0.123 e. The number of pyridine rings is 1. The van der Waals surface area contributed by atoms with Crippen molar-refractivity contribution < 1.29 is 0 Å². The van der Waals surface area contributed by atoms with Crippen molar-refractivity contribution in [3.05, 3.63) is 40.0 Å². The summed E-state index contributed by atoms with van der Waals surface area (Å²) in [5, 5.41) is 0. The van der Waals surface area contributed by atoms with Gasteiger partial charge in [0.05, 0.1) is 16.9 Å². The van der Waals surface area contributed by atoms with Crippen LogP contribution in [0.15, 0.2) is 23.7 Å². The van der Waals surface area contributed by atoms with E-state index in [1.54, 1.807) is 17.4 Å². The minimum atomic E-state index is 0.574. The SMILES string of the molecule is Cc1ncsc1CN(C)Cc1cccc(N)n1. The summed E-state index contributed by atoms with van der Waals surface area (Å²) in [6, 6.07) is 5.73. The molecule has 0 amide bonds. The van der Waals surface area contributed by atoms with Gasteiger partial charge >= 0.3 is 0 Å². The average molecular weight is 248 g/mol. The topological polar surface area (TPSA) is 55.0 Å². The van der Waals surface area contributed by atoms with E-state index in [0.717, 1.165) is 24.5 Å². The summed E-state index contributed by atoms with van der Waals surface area (Å²) in [5.41, 5.74) is 9.65. The maximum Gasteiger partial charge on any atom is 0.123 e. The normalized spacial score (nSPS) is 11.0. The van der Waals surface area contributed by atoms with Gasteiger partial charge in [-0.1, -0.05) is 6.07 Å². The quantitative estimate of drug-likeness (QED) is 0.900. The Hall–Kier alpha value is -1.46. The van der Waals surface area contributed by atoms with Crippen molar-refractivity contribution in [2.45, 2.75) is 20.0 Å². The van der Waals surface area contributed by atoms with Crippen molar-refractivity contribution in [3.8, 4) is 0 Å². The second-order valence-electron chi connectivity index (χ2n) is 4.09. The van der Waals surface area contributed by atoms with Crippen LogP contribution in [0.25, 0.3) is 0 Å². The molecule has 0 atom stereocenters. The average Bonchev–Trinajstić information content (AvgIpc) is 2.64. The Morgan fingerprint density at radius 3 is 2.82 bits per heavy atom. The van der Waals surface area contributed by atoms with Crippen LogP contribution in [0, 0.1) is 6.92 Å². The van der Waals surface area contributed by atoms with Crippen molar-refractivity contribution in [2.24, 2.45) is 0 Å². The summed E-state index contributed by atoms with van der Waals surface area (Å²) >= 11 is 1.69. The van der Waals surface area contributed by atoms with Gasteiger partial charge in [0, 0.05) is 18.0 Å². The fraction of sp³-hybridized carbons (Fsp3) is 0.333. The van der Waals surface area contributed by atoms with Crippen LogP contribution in [-0.4, -0.2) is 21.9 Å². The number of anilines is 1. The molecule has 0 fully saturated rings. The lowest BCUT2D eigenvalue weighted by atomic mass is 10.3. The van der Waals surface area contributed by atoms with Gasteiger partial charge in [0.25, 0.3) is 0 Å². The Morgan fingerprint density at radius 2 is 2.18 bits per heavy atom. The van der Waals surface area contributed by atoms with Gasteiger partial charge in [-0.15, -0.1) is 11.3 Å². The summed E-state index contributed by atoms with van der Waals surface area (Å²) in [6.45, 7) is 3.73. The lowest BCUT2D eigenvalue weighted by Gasteiger charge is -2.15. The largest absolute Gasteiger partial charge is 0.384 e. The van der Waals surface area contributed by atoms with Gasteiger partial charge in [-0.2, -0.15) is 0 Å². The number of thiazole rings is 1. The van der Waals surface area contributed by atoms with E-state index in [-0.39, 0.29) is 0 Å². The molecule has 4 nitrogen and oxygen atoms in total. The van der Waals surface area contributed by atoms with Crippen molar-refractivity contribution in [3.63, 3.8) is 0 Å². The van der Waals surface area contributed by atoms with Gasteiger partial charge in [-0.25, -0.2) is 9.97 Å². The molecule has 17 heavy (non-hydrogen) atoms. The first-order chi connectivity index (χ1) is 8.15. The van der Waals surface area contributed by atoms with Gasteiger partial charge in [0.15, 0.2) is 0 Å². The summed E-state index contributed by atoms with van der Waals surface area (Å²) in [6.07, 6.45) is 0. The summed E-state index contributed by atoms with van der Waals surface area (Å²) < 4.78 is 0. The number of aryl methyl sites for hydroxylation is 1. The predicted octanol–water partition coefficient (Wildman–Crippen LogP) is 2.06.